The molecule has 0 spiro atoms. The number of benzene rings is 1. The van der Waals surface area contributed by atoms with Gasteiger partial charge in [-0.2, -0.15) is 4.31 Å². The van der Waals surface area contributed by atoms with Crippen molar-refractivity contribution in [2.45, 2.75) is 31.2 Å². The van der Waals surface area contributed by atoms with Gasteiger partial charge in [-0.15, -0.1) is 11.3 Å². The number of hydrogen-bond acceptors (Lipinski definition) is 4. The van der Waals surface area contributed by atoms with Gasteiger partial charge in [-0.1, -0.05) is 37.3 Å². The zero-order valence-corrected chi connectivity index (χ0v) is 13.7. The van der Waals surface area contributed by atoms with Crippen molar-refractivity contribution in [3.05, 3.63) is 52.4 Å². The fraction of sp³-hybridized carbons (Fsp3) is 0.333. The molecule has 0 radical (unpaired) electrons. The lowest BCUT2D eigenvalue weighted by Crippen LogP contribution is -2.29. The third-order valence-electron chi connectivity index (χ3n) is 3.29. The van der Waals surface area contributed by atoms with E-state index < -0.39 is 10.0 Å². The van der Waals surface area contributed by atoms with Crippen molar-refractivity contribution in [1.82, 2.24) is 4.31 Å². The summed E-state index contributed by atoms with van der Waals surface area (Å²) >= 11 is 1.14. The first-order chi connectivity index (χ1) is 9.98. The molecule has 0 aliphatic heterocycles. The van der Waals surface area contributed by atoms with Gasteiger partial charge < -0.3 is 5.11 Å². The van der Waals surface area contributed by atoms with Crippen LogP contribution in [0, 0.1) is 6.92 Å². The van der Waals surface area contributed by atoms with E-state index >= 15 is 0 Å². The Hall–Kier alpha value is -1.21. The van der Waals surface area contributed by atoms with Gasteiger partial charge in [0.15, 0.2) is 0 Å². The van der Waals surface area contributed by atoms with Gasteiger partial charge in [0.2, 0.25) is 0 Å². The second kappa shape index (κ2) is 6.70. The van der Waals surface area contributed by atoms with Gasteiger partial charge in [0.25, 0.3) is 10.0 Å². The fourth-order valence-electron chi connectivity index (χ4n) is 2.05. The minimum absolute atomic E-state index is 0.128. The predicted octanol–water partition coefficient (Wildman–Crippen LogP) is 2.76. The van der Waals surface area contributed by atoms with Crippen molar-refractivity contribution < 1.29 is 13.5 Å². The number of aliphatic hydroxyl groups excluding tert-OH is 1. The molecule has 1 aromatic carbocycles. The summed E-state index contributed by atoms with van der Waals surface area (Å²) in [7, 11) is -3.52. The molecule has 0 unspecified atom stereocenters. The highest BCUT2D eigenvalue weighted by molar-refractivity contribution is 7.91. The molecule has 114 valence electrons. The smallest absolute Gasteiger partial charge is 0.252 e. The van der Waals surface area contributed by atoms with E-state index in [4.69, 9.17) is 0 Å². The van der Waals surface area contributed by atoms with Crippen LogP contribution < -0.4 is 0 Å². The Bertz CT molecular complexity index is 693. The Morgan fingerprint density at radius 2 is 1.90 bits per heavy atom. The third kappa shape index (κ3) is 3.52. The van der Waals surface area contributed by atoms with Crippen LogP contribution in [0.1, 0.15) is 22.9 Å². The van der Waals surface area contributed by atoms with Gasteiger partial charge >= 0.3 is 0 Å². The van der Waals surface area contributed by atoms with Gasteiger partial charge in [0, 0.05) is 18.0 Å². The molecule has 4 nitrogen and oxygen atoms in total. The standard InChI is InChI=1S/C15H19NO3S2/c1-3-16(10-13-7-5-4-6-8-13)21(18,19)15-9-12(2)14(11-17)20-15/h4-9,17H,3,10-11H2,1-2H3. The summed E-state index contributed by atoms with van der Waals surface area (Å²) in [6.07, 6.45) is 0. The minimum Gasteiger partial charge on any atom is -0.391 e. The van der Waals surface area contributed by atoms with E-state index in [1.807, 2.05) is 44.2 Å². The second-order valence-electron chi connectivity index (χ2n) is 4.75. The van der Waals surface area contributed by atoms with E-state index in [-0.39, 0.29) is 6.61 Å². The number of thiophene rings is 1. The van der Waals surface area contributed by atoms with Crippen molar-refractivity contribution in [1.29, 1.82) is 0 Å². The molecule has 1 heterocycles. The number of nitrogens with zero attached hydrogens (tertiary/aromatic N) is 1. The molecule has 2 aromatic rings. The highest BCUT2D eigenvalue weighted by Gasteiger charge is 2.26. The molecule has 6 heteroatoms. The lowest BCUT2D eigenvalue weighted by atomic mass is 10.2. The molecule has 0 aliphatic rings. The molecule has 0 bridgehead atoms. The summed E-state index contributed by atoms with van der Waals surface area (Å²) < 4.78 is 27.2. The van der Waals surface area contributed by atoms with Gasteiger partial charge in [0.05, 0.1) is 6.61 Å². The first kappa shape index (κ1) is 16.2. The summed E-state index contributed by atoms with van der Waals surface area (Å²) in [4.78, 5) is 0.698. The Labute approximate surface area is 129 Å². The minimum atomic E-state index is -3.52. The zero-order valence-electron chi connectivity index (χ0n) is 12.1. The third-order valence-corrected chi connectivity index (χ3v) is 6.88. The number of sulfonamides is 1. The van der Waals surface area contributed by atoms with E-state index in [0.717, 1.165) is 22.5 Å². The molecule has 0 saturated carbocycles. The van der Waals surface area contributed by atoms with Crippen LogP contribution in [0.5, 0.6) is 0 Å². The van der Waals surface area contributed by atoms with Gasteiger partial charge in [-0.25, -0.2) is 8.42 Å². The van der Waals surface area contributed by atoms with Crippen molar-refractivity contribution in [3.63, 3.8) is 0 Å². The number of aliphatic hydroxyl groups is 1. The van der Waals surface area contributed by atoms with E-state index in [1.54, 1.807) is 6.07 Å². The number of hydrogen-bond donors (Lipinski definition) is 1. The van der Waals surface area contributed by atoms with Crippen LogP contribution in [0.25, 0.3) is 0 Å². The Morgan fingerprint density at radius 3 is 2.43 bits per heavy atom. The summed E-state index contributed by atoms with van der Waals surface area (Å²) in [6, 6.07) is 11.2. The zero-order chi connectivity index (χ0) is 15.5. The van der Waals surface area contributed by atoms with Crippen molar-refractivity contribution >= 4 is 21.4 Å². The molecule has 0 atom stereocenters. The Morgan fingerprint density at radius 1 is 1.24 bits per heavy atom. The maximum absolute atomic E-state index is 12.7. The highest BCUT2D eigenvalue weighted by Crippen LogP contribution is 2.29. The molecule has 1 aromatic heterocycles. The van der Waals surface area contributed by atoms with E-state index in [1.165, 1.54) is 4.31 Å². The van der Waals surface area contributed by atoms with Crippen LogP contribution in [0.4, 0.5) is 0 Å². The molecule has 0 saturated heterocycles. The number of rotatable bonds is 6. The summed E-state index contributed by atoms with van der Waals surface area (Å²) in [5.41, 5.74) is 1.77. The van der Waals surface area contributed by atoms with E-state index in [0.29, 0.717) is 22.2 Å². The average molecular weight is 325 g/mol. The first-order valence-corrected chi connectivity index (χ1v) is 8.99. The number of aryl methyl sites for hydroxylation is 1. The van der Waals surface area contributed by atoms with E-state index in [2.05, 4.69) is 0 Å². The quantitative estimate of drug-likeness (QED) is 0.888. The molecule has 21 heavy (non-hydrogen) atoms. The first-order valence-electron chi connectivity index (χ1n) is 6.73. The van der Waals surface area contributed by atoms with Crippen LogP contribution in [-0.2, 0) is 23.2 Å². The molecular formula is C15H19NO3S2. The molecule has 2 rings (SSSR count). The highest BCUT2D eigenvalue weighted by atomic mass is 32.2. The lowest BCUT2D eigenvalue weighted by Gasteiger charge is -2.19. The van der Waals surface area contributed by atoms with Crippen molar-refractivity contribution in [2.75, 3.05) is 6.54 Å². The Kier molecular flexibility index (Phi) is 5.16. The summed E-state index contributed by atoms with van der Waals surface area (Å²) in [5.74, 6) is 0. The molecule has 0 aliphatic carbocycles. The fourth-order valence-corrected chi connectivity index (χ4v) is 5.10. The summed E-state index contributed by atoms with van der Waals surface area (Å²) in [5, 5.41) is 9.23. The SMILES string of the molecule is CCN(Cc1ccccc1)S(=O)(=O)c1cc(C)c(CO)s1. The second-order valence-corrected chi connectivity index (χ2v) is 8.05. The summed E-state index contributed by atoms with van der Waals surface area (Å²) in [6.45, 7) is 4.27. The Balaban J connectivity index is 2.31. The molecule has 0 amide bonds. The van der Waals surface area contributed by atoms with Crippen LogP contribution in [-0.4, -0.2) is 24.4 Å². The van der Waals surface area contributed by atoms with Crippen LogP contribution in [0.15, 0.2) is 40.6 Å². The van der Waals surface area contributed by atoms with Crippen LogP contribution >= 0.6 is 11.3 Å². The maximum atomic E-state index is 12.7. The van der Waals surface area contributed by atoms with Crippen molar-refractivity contribution in [3.8, 4) is 0 Å². The lowest BCUT2D eigenvalue weighted by molar-refractivity contribution is 0.285. The largest absolute Gasteiger partial charge is 0.391 e. The van der Waals surface area contributed by atoms with Gasteiger partial charge in [-0.05, 0) is 24.1 Å². The van der Waals surface area contributed by atoms with Crippen LogP contribution in [0.3, 0.4) is 0 Å². The van der Waals surface area contributed by atoms with Crippen LogP contribution in [0.2, 0.25) is 0 Å². The topological polar surface area (TPSA) is 57.6 Å². The average Bonchev–Trinajstić information content (AvgIpc) is 2.87. The van der Waals surface area contributed by atoms with Gasteiger partial charge in [0.1, 0.15) is 4.21 Å². The van der Waals surface area contributed by atoms with Gasteiger partial charge in [-0.3, -0.25) is 0 Å². The molecule has 0 fully saturated rings. The predicted molar refractivity (Wildman–Crippen MR) is 84.7 cm³/mol. The monoisotopic (exact) mass is 325 g/mol. The van der Waals surface area contributed by atoms with E-state index in [9.17, 15) is 13.5 Å². The normalized spacial score (nSPS) is 12.0. The maximum Gasteiger partial charge on any atom is 0.252 e. The van der Waals surface area contributed by atoms with Crippen molar-refractivity contribution in [2.24, 2.45) is 0 Å². The molecular weight excluding hydrogens is 306 g/mol. The molecule has 1 N–H and O–H groups in total.